The van der Waals surface area contributed by atoms with Gasteiger partial charge < -0.3 is 9.80 Å². The number of nitrogens with zero attached hydrogens (tertiary/aromatic N) is 5. The summed E-state index contributed by atoms with van der Waals surface area (Å²) in [6.07, 6.45) is 5.31. The number of hydrogen-bond donors (Lipinski definition) is 0. The summed E-state index contributed by atoms with van der Waals surface area (Å²) < 4.78 is 15.6. The number of aryl methyl sites for hydroxylation is 1. The second-order valence-electron chi connectivity index (χ2n) is 7.33. The minimum atomic E-state index is -0.496. The van der Waals surface area contributed by atoms with Gasteiger partial charge in [0.25, 0.3) is 5.91 Å². The molecule has 4 rings (SSSR count). The Bertz CT molecular complexity index is 875. The lowest BCUT2D eigenvalue weighted by molar-refractivity contribution is -0.126. The van der Waals surface area contributed by atoms with Crippen molar-refractivity contribution in [2.45, 2.75) is 18.9 Å². The SMILES string of the molecule is Cn1cc(N2CCC[C@H](N3CCN(C(=O)c4ccccc4F)CC3)C2=O)cn1. The molecule has 2 fully saturated rings. The van der Waals surface area contributed by atoms with E-state index in [9.17, 15) is 14.0 Å². The van der Waals surface area contributed by atoms with E-state index in [-0.39, 0.29) is 23.4 Å². The lowest BCUT2D eigenvalue weighted by Gasteiger charge is -2.42. The average Bonchev–Trinajstić information content (AvgIpc) is 3.14. The zero-order valence-corrected chi connectivity index (χ0v) is 15.9. The smallest absolute Gasteiger partial charge is 0.256 e. The number of rotatable bonds is 3. The summed E-state index contributed by atoms with van der Waals surface area (Å²) in [5.41, 5.74) is 0.929. The highest BCUT2D eigenvalue weighted by Crippen LogP contribution is 2.24. The second-order valence-corrected chi connectivity index (χ2v) is 7.33. The highest BCUT2D eigenvalue weighted by molar-refractivity contribution is 5.98. The summed E-state index contributed by atoms with van der Waals surface area (Å²) in [4.78, 5) is 31.2. The van der Waals surface area contributed by atoms with Crippen molar-refractivity contribution >= 4 is 17.5 Å². The maximum atomic E-state index is 13.9. The van der Waals surface area contributed by atoms with Gasteiger partial charge in [-0.3, -0.25) is 19.2 Å². The van der Waals surface area contributed by atoms with Crippen LogP contribution in [0.3, 0.4) is 0 Å². The van der Waals surface area contributed by atoms with Crippen molar-refractivity contribution in [1.29, 1.82) is 0 Å². The van der Waals surface area contributed by atoms with E-state index in [0.717, 1.165) is 18.5 Å². The van der Waals surface area contributed by atoms with Crippen LogP contribution in [0, 0.1) is 5.82 Å². The summed E-state index contributed by atoms with van der Waals surface area (Å²) >= 11 is 0. The van der Waals surface area contributed by atoms with Crippen LogP contribution in [0.4, 0.5) is 10.1 Å². The van der Waals surface area contributed by atoms with Gasteiger partial charge >= 0.3 is 0 Å². The first-order valence-electron chi connectivity index (χ1n) is 9.62. The molecule has 3 heterocycles. The molecule has 7 nitrogen and oxygen atoms in total. The molecule has 28 heavy (non-hydrogen) atoms. The number of carbonyl (C=O) groups excluding carboxylic acids is 2. The first-order chi connectivity index (χ1) is 13.5. The van der Waals surface area contributed by atoms with Gasteiger partial charge in [0, 0.05) is 46.0 Å². The quantitative estimate of drug-likeness (QED) is 0.804. The van der Waals surface area contributed by atoms with Gasteiger partial charge in [-0.15, -0.1) is 0 Å². The number of amides is 2. The van der Waals surface area contributed by atoms with E-state index in [1.807, 2.05) is 13.2 Å². The van der Waals surface area contributed by atoms with Crippen LogP contribution >= 0.6 is 0 Å². The molecule has 1 aromatic heterocycles. The summed E-state index contributed by atoms with van der Waals surface area (Å²) in [6.45, 7) is 2.90. The number of piperidine rings is 1. The lowest BCUT2D eigenvalue weighted by atomic mass is 10.0. The zero-order valence-electron chi connectivity index (χ0n) is 15.9. The summed E-state index contributed by atoms with van der Waals surface area (Å²) in [5.74, 6) is -0.692. The van der Waals surface area contributed by atoms with Crippen molar-refractivity contribution in [2.24, 2.45) is 7.05 Å². The fraction of sp³-hybridized carbons (Fsp3) is 0.450. The number of carbonyl (C=O) groups is 2. The standard InChI is InChI=1S/C20H24FN5O2/c1-23-14-15(13-22-23)26-8-4-7-18(20(26)28)24-9-11-25(12-10-24)19(27)16-5-2-3-6-17(16)21/h2-3,5-6,13-14,18H,4,7-12H2,1H3/t18-/m0/s1. The van der Waals surface area contributed by atoms with Crippen LogP contribution in [-0.4, -0.2) is 70.2 Å². The predicted molar refractivity (Wildman–Crippen MR) is 102 cm³/mol. The summed E-state index contributed by atoms with van der Waals surface area (Å²) in [6, 6.07) is 5.88. The molecule has 2 aliphatic rings. The number of hydrogen-bond acceptors (Lipinski definition) is 4. The van der Waals surface area contributed by atoms with Crippen molar-refractivity contribution in [3.63, 3.8) is 0 Å². The Labute approximate surface area is 163 Å². The van der Waals surface area contributed by atoms with Crippen molar-refractivity contribution in [1.82, 2.24) is 19.6 Å². The van der Waals surface area contributed by atoms with Gasteiger partial charge in [0.1, 0.15) is 5.82 Å². The Morgan fingerprint density at radius 1 is 1.14 bits per heavy atom. The van der Waals surface area contributed by atoms with Crippen molar-refractivity contribution in [3.05, 3.63) is 48.0 Å². The van der Waals surface area contributed by atoms with E-state index < -0.39 is 5.82 Å². The third-order valence-electron chi connectivity index (χ3n) is 5.56. The van der Waals surface area contributed by atoms with Crippen LogP contribution in [0.15, 0.2) is 36.7 Å². The van der Waals surface area contributed by atoms with Gasteiger partial charge in [-0.2, -0.15) is 5.10 Å². The van der Waals surface area contributed by atoms with Gasteiger partial charge in [0.05, 0.1) is 23.5 Å². The van der Waals surface area contributed by atoms with Crippen LogP contribution in [0.5, 0.6) is 0 Å². The summed E-state index contributed by atoms with van der Waals surface area (Å²) in [7, 11) is 1.83. The maximum Gasteiger partial charge on any atom is 0.256 e. The van der Waals surface area contributed by atoms with Gasteiger partial charge in [0.15, 0.2) is 0 Å². The Hall–Kier alpha value is -2.74. The van der Waals surface area contributed by atoms with E-state index in [2.05, 4.69) is 10.00 Å². The highest BCUT2D eigenvalue weighted by Gasteiger charge is 2.36. The molecule has 0 spiro atoms. The molecule has 8 heteroatoms. The normalized spacial score (nSPS) is 21.2. The Balaban J connectivity index is 1.40. The monoisotopic (exact) mass is 385 g/mol. The van der Waals surface area contributed by atoms with E-state index in [1.54, 1.807) is 32.8 Å². The van der Waals surface area contributed by atoms with Crippen LogP contribution in [0.2, 0.25) is 0 Å². The lowest BCUT2D eigenvalue weighted by Crippen LogP contribution is -2.58. The van der Waals surface area contributed by atoms with E-state index >= 15 is 0 Å². The zero-order chi connectivity index (χ0) is 19.7. The van der Waals surface area contributed by atoms with Crippen molar-refractivity contribution < 1.29 is 14.0 Å². The van der Waals surface area contributed by atoms with Gasteiger partial charge in [-0.1, -0.05) is 12.1 Å². The van der Waals surface area contributed by atoms with E-state index in [1.165, 1.54) is 12.1 Å². The molecule has 2 saturated heterocycles. The largest absolute Gasteiger partial charge is 0.336 e. The van der Waals surface area contributed by atoms with Gasteiger partial charge in [0.2, 0.25) is 5.91 Å². The van der Waals surface area contributed by atoms with Crippen molar-refractivity contribution in [3.8, 4) is 0 Å². The molecular weight excluding hydrogens is 361 g/mol. The molecule has 0 unspecified atom stereocenters. The number of benzene rings is 1. The average molecular weight is 385 g/mol. The fourth-order valence-electron chi connectivity index (χ4n) is 4.04. The number of aromatic nitrogens is 2. The molecule has 0 N–H and O–H groups in total. The third-order valence-corrected chi connectivity index (χ3v) is 5.56. The van der Waals surface area contributed by atoms with Crippen LogP contribution in [-0.2, 0) is 11.8 Å². The molecule has 1 aromatic carbocycles. The molecular formula is C20H24FN5O2. The van der Waals surface area contributed by atoms with Crippen LogP contribution in [0.25, 0.3) is 0 Å². The number of piperazine rings is 1. The summed E-state index contributed by atoms with van der Waals surface area (Å²) in [5, 5.41) is 4.16. The van der Waals surface area contributed by atoms with Gasteiger partial charge in [-0.25, -0.2) is 4.39 Å². The molecule has 2 aromatic rings. The number of anilines is 1. The Morgan fingerprint density at radius 3 is 2.57 bits per heavy atom. The topological polar surface area (TPSA) is 61.7 Å². The minimum Gasteiger partial charge on any atom is -0.336 e. The molecule has 148 valence electrons. The molecule has 0 aliphatic carbocycles. The number of halogens is 1. The highest BCUT2D eigenvalue weighted by atomic mass is 19.1. The Morgan fingerprint density at radius 2 is 1.89 bits per heavy atom. The molecule has 2 aliphatic heterocycles. The molecule has 0 saturated carbocycles. The molecule has 1 atom stereocenters. The molecule has 0 radical (unpaired) electrons. The third kappa shape index (κ3) is 3.52. The predicted octanol–water partition coefficient (Wildman–Crippen LogP) is 1.51. The van der Waals surface area contributed by atoms with Crippen molar-refractivity contribution in [2.75, 3.05) is 37.6 Å². The fourth-order valence-corrected chi connectivity index (χ4v) is 4.04. The van der Waals surface area contributed by atoms with Gasteiger partial charge in [-0.05, 0) is 25.0 Å². The molecule has 0 bridgehead atoms. The van der Waals surface area contributed by atoms with E-state index in [0.29, 0.717) is 32.7 Å². The minimum absolute atomic E-state index is 0.0909. The van der Waals surface area contributed by atoms with Crippen LogP contribution in [0.1, 0.15) is 23.2 Å². The van der Waals surface area contributed by atoms with Crippen LogP contribution < -0.4 is 4.90 Å². The first-order valence-corrected chi connectivity index (χ1v) is 9.62. The molecule has 2 amide bonds. The first kappa shape index (κ1) is 18.6. The Kier molecular flexibility index (Phi) is 5.13. The maximum absolute atomic E-state index is 13.9. The van der Waals surface area contributed by atoms with E-state index in [4.69, 9.17) is 0 Å². The second kappa shape index (κ2) is 7.71.